The molecule has 0 aromatic heterocycles. The Labute approximate surface area is 128 Å². The van der Waals surface area contributed by atoms with Crippen LogP contribution in [0.1, 0.15) is 38.2 Å². The third-order valence-corrected chi connectivity index (χ3v) is 3.57. The van der Waals surface area contributed by atoms with Crippen molar-refractivity contribution in [3.8, 4) is 11.5 Å². The predicted molar refractivity (Wildman–Crippen MR) is 86.3 cm³/mol. The summed E-state index contributed by atoms with van der Waals surface area (Å²) in [5.74, 6) is 1.55. The molecule has 0 heterocycles. The first-order valence-corrected chi connectivity index (χ1v) is 7.76. The van der Waals surface area contributed by atoms with Crippen LogP contribution in [0.15, 0.2) is 18.2 Å². The van der Waals surface area contributed by atoms with E-state index in [1.54, 1.807) is 14.2 Å². The SMILES string of the molecule is COc1ccc(CC(C)NCCCCCCO)cc1OC. The highest BCUT2D eigenvalue weighted by molar-refractivity contribution is 5.43. The molecule has 0 saturated carbocycles. The van der Waals surface area contributed by atoms with Gasteiger partial charge in [-0.25, -0.2) is 0 Å². The van der Waals surface area contributed by atoms with Crippen molar-refractivity contribution in [2.45, 2.75) is 45.1 Å². The van der Waals surface area contributed by atoms with E-state index in [1.165, 1.54) is 12.0 Å². The van der Waals surface area contributed by atoms with Gasteiger partial charge in [-0.2, -0.15) is 0 Å². The van der Waals surface area contributed by atoms with Crippen molar-refractivity contribution in [1.82, 2.24) is 5.32 Å². The van der Waals surface area contributed by atoms with Crippen LogP contribution >= 0.6 is 0 Å². The monoisotopic (exact) mass is 295 g/mol. The standard InChI is InChI=1S/C17H29NO3/c1-14(18-10-6-4-5-7-11-19)12-15-8-9-16(20-2)17(13-15)21-3/h8-9,13-14,18-19H,4-7,10-12H2,1-3H3. The van der Waals surface area contributed by atoms with Gasteiger partial charge < -0.3 is 19.9 Å². The summed E-state index contributed by atoms with van der Waals surface area (Å²) in [5.41, 5.74) is 1.24. The van der Waals surface area contributed by atoms with Gasteiger partial charge in [0.1, 0.15) is 0 Å². The van der Waals surface area contributed by atoms with Crippen LogP contribution in [-0.4, -0.2) is 38.5 Å². The lowest BCUT2D eigenvalue weighted by Crippen LogP contribution is -2.29. The van der Waals surface area contributed by atoms with Gasteiger partial charge in [-0.15, -0.1) is 0 Å². The first-order chi connectivity index (χ1) is 10.2. The minimum atomic E-state index is 0.309. The number of unbranched alkanes of at least 4 members (excludes halogenated alkanes) is 3. The van der Waals surface area contributed by atoms with Crippen LogP contribution in [0.5, 0.6) is 11.5 Å². The van der Waals surface area contributed by atoms with Crippen molar-refractivity contribution in [3.05, 3.63) is 23.8 Å². The third-order valence-electron chi connectivity index (χ3n) is 3.57. The number of nitrogens with one attached hydrogen (secondary N) is 1. The average molecular weight is 295 g/mol. The Bertz CT molecular complexity index is 396. The molecule has 21 heavy (non-hydrogen) atoms. The highest BCUT2D eigenvalue weighted by Gasteiger charge is 2.07. The number of benzene rings is 1. The number of hydrogen-bond donors (Lipinski definition) is 2. The van der Waals surface area contributed by atoms with Crippen molar-refractivity contribution >= 4 is 0 Å². The van der Waals surface area contributed by atoms with Gasteiger partial charge in [-0.1, -0.05) is 18.9 Å². The summed E-state index contributed by atoms with van der Waals surface area (Å²) in [6.07, 6.45) is 5.34. The van der Waals surface area contributed by atoms with Crippen LogP contribution in [0.2, 0.25) is 0 Å². The van der Waals surface area contributed by atoms with Crippen molar-refractivity contribution in [1.29, 1.82) is 0 Å². The second-order valence-corrected chi connectivity index (χ2v) is 5.39. The van der Waals surface area contributed by atoms with E-state index in [-0.39, 0.29) is 0 Å². The summed E-state index contributed by atoms with van der Waals surface area (Å²) in [4.78, 5) is 0. The Morgan fingerprint density at radius 3 is 2.43 bits per heavy atom. The fourth-order valence-corrected chi connectivity index (χ4v) is 2.37. The molecule has 1 rings (SSSR count). The number of ether oxygens (including phenoxy) is 2. The molecule has 1 unspecified atom stereocenters. The molecule has 0 aliphatic carbocycles. The van der Waals surface area contributed by atoms with E-state index in [0.29, 0.717) is 12.6 Å². The molecule has 120 valence electrons. The Hall–Kier alpha value is -1.26. The maximum absolute atomic E-state index is 8.72. The summed E-state index contributed by atoms with van der Waals surface area (Å²) < 4.78 is 10.6. The molecule has 1 atom stereocenters. The lowest BCUT2D eigenvalue weighted by Gasteiger charge is -2.15. The number of methoxy groups -OCH3 is 2. The summed E-state index contributed by atoms with van der Waals surface area (Å²) in [6, 6.07) is 6.51. The molecular weight excluding hydrogens is 266 g/mol. The molecule has 0 radical (unpaired) electrons. The Morgan fingerprint density at radius 1 is 1.05 bits per heavy atom. The highest BCUT2D eigenvalue weighted by atomic mass is 16.5. The second kappa shape index (κ2) is 10.5. The minimum absolute atomic E-state index is 0.309. The first kappa shape index (κ1) is 17.8. The van der Waals surface area contributed by atoms with E-state index in [0.717, 1.165) is 43.7 Å². The van der Waals surface area contributed by atoms with E-state index in [1.807, 2.05) is 12.1 Å². The number of aliphatic hydroxyl groups is 1. The molecule has 0 spiro atoms. The van der Waals surface area contributed by atoms with E-state index in [4.69, 9.17) is 14.6 Å². The molecule has 0 aliphatic heterocycles. The van der Waals surface area contributed by atoms with Gasteiger partial charge in [0.2, 0.25) is 0 Å². The first-order valence-electron chi connectivity index (χ1n) is 7.76. The lowest BCUT2D eigenvalue weighted by molar-refractivity contribution is 0.282. The fraction of sp³-hybridized carbons (Fsp3) is 0.647. The summed E-state index contributed by atoms with van der Waals surface area (Å²) in [7, 11) is 3.31. The van der Waals surface area contributed by atoms with Crippen molar-refractivity contribution in [3.63, 3.8) is 0 Å². The molecule has 4 heteroatoms. The minimum Gasteiger partial charge on any atom is -0.493 e. The molecular formula is C17H29NO3. The maximum atomic E-state index is 8.72. The number of aliphatic hydroxyl groups excluding tert-OH is 1. The van der Waals surface area contributed by atoms with Crippen LogP contribution in [0, 0.1) is 0 Å². The smallest absolute Gasteiger partial charge is 0.160 e. The van der Waals surface area contributed by atoms with Gasteiger partial charge in [-0.05, 0) is 50.4 Å². The van der Waals surface area contributed by atoms with Gasteiger partial charge in [0, 0.05) is 12.6 Å². The molecule has 0 aliphatic rings. The van der Waals surface area contributed by atoms with Crippen LogP contribution in [0.25, 0.3) is 0 Å². The zero-order valence-corrected chi connectivity index (χ0v) is 13.5. The topological polar surface area (TPSA) is 50.7 Å². The molecule has 1 aromatic carbocycles. The van der Waals surface area contributed by atoms with Crippen LogP contribution in [0.3, 0.4) is 0 Å². The summed E-state index contributed by atoms with van der Waals surface area (Å²) >= 11 is 0. The predicted octanol–water partition coefficient (Wildman–Crippen LogP) is 2.78. The van der Waals surface area contributed by atoms with Crippen LogP contribution in [-0.2, 0) is 6.42 Å². The fourth-order valence-electron chi connectivity index (χ4n) is 2.37. The Morgan fingerprint density at radius 2 is 1.76 bits per heavy atom. The van der Waals surface area contributed by atoms with Gasteiger partial charge >= 0.3 is 0 Å². The van der Waals surface area contributed by atoms with E-state index < -0.39 is 0 Å². The van der Waals surface area contributed by atoms with Crippen LogP contribution < -0.4 is 14.8 Å². The van der Waals surface area contributed by atoms with Gasteiger partial charge in [0.15, 0.2) is 11.5 Å². The Balaban J connectivity index is 2.32. The number of hydrogen-bond acceptors (Lipinski definition) is 4. The van der Waals surface area contributed by atoms with Crippen molar-refractivity contribution < 1.29 is 14.6 Å². The van der Waals surface area contributed by atoms with E-state index in [2.05, 4.69) is 18.3 Å². The van der Waals surface area contributed by atoms with E-state index in [9.17, 15) is 0 Å². The lowest BCUT2D eigenvalue weighted by atomic mass is 10.1. The van der Waals surface area contributed by atoms with Crippen LogP contribution in [0.4, 0.5) is 0 Å². The van der Waals surface area contributed by atoms with Gasteiger partial charge in [0.25, 0.3) is 0 Å². The normalized spacial score (nSPS) is 12.2. The molecule has 2 N–H and O–H groups in total. The maximum Gasteiger partial charge on any atom is 0.160 e. The third kappa shape index (κ3) is 6.82. The summed E-state index contributed by atoms with van der Waals surface area (Å²) in [6.45, 7) is 3.54. The zero-order valence-electron chi connectivity index (χ0n) is 13.5. The van der Waals surface area contributed by atoms with Crippen molar-refractivity contribution in [2.75, 3.05) is 27.4 Å². The van der Waals surface area contributed by atoms with Gasteiger partial charge in [-0.3, -0.25) is 0 Å². The molecule has 0 bridgehead atoms. The summed E-state index contributed by atoms with van der Waals surface area (Å²) in [5, 5.41) is 12.3. The van der Waals surface area contributed by atoms with Crippen molar-refractivity contribution in [2.24, 2.45) is 0 Å². The average Bonchev–Trinajstić information content (AvgIpc) is 2.50. The zero-order chi connectivity index (χ0) is 15.5. The van der Waals surface area contributed by atoms with Gasteiger partial charge in [0.05, 0.1) is 14.2 Å². The molecule has 0 fully saturated rings. The Kier molecular flexibility index (Phi) is 8.87. The second-order valence-electron chi connectivity index (χ2n) is 5.39. The van der Waals surface area contributed by atoms with E-state index >= 15 is 0 Å². The molecule has 0 saturated heterocycles. The quantitative estimate of drug-likeness (QED) is 0.616. The number of rotatable bonds is 11. The largest absolute Gasteiger partial charge is 0.493 e. The highest BCUT2D eigenvalue weighted by Crippen LogP contribution is 2.27. The molecule has 4 nitrogen and oxygen atoms in total. The molecule has 1 aromatic rings. The molecule has 0 amide bonds.